The Bertz CT molecular complexity index is 499. The van der Waals surface area contributed by atoms with Crippen molar-refractivity contribution in [2.24, 2.45) is 29.6 Å². The molecule has 0 spiro atoms. The molecule has 0 aliphatic heterocycles. The van der Waals surface area contributed by atoms with Gasteiger partial charge in [0.2, 0.25) is 0 Å². The molecule has 5 heteroatoms. The number of aromatic nitrogens is 3. The van der Waals surface area contributed by atoms with Gasteiger partial charge in [0.15, 0.2) is 5.54 Å². The highest BCUT2D eigenvalue weighted by molar-refractivity contribution is 5.76. The van der Waals surface area contributed by atoms with Crippen molar-refractivity contribution >= 4 is 5.97 Å². The van der Waals surface area contributed by atoms with Crippen LogP contribution in [-0.4, -0.2) is 25.8 Å². The summed E-state index contributed by atoms with van der Waals surface area (Å²) in [6.07, 6.45) is 9.26. The third-order valence-corrected chi connectivity index (χ3v) is 6.20. The summed E-state index contributed by atoms with van der Waals surface area (Å²) in [4.78, 5) is 16.0. The van der Waals surface area contributed by atoms with Crippen LogP contribution in [0.2, 0.25) is 0 Å². The van der Waals surface area contributed by atoms with Crippen molar-refractivity contribution in [2.75, 3.05) is 0 Å². The SMILES string of the molecule is CC(C(=O)O)(C1C2CC3CC(C2)CC1C3)n1cncn1. The molecular formula is C15H21N3O2. The van der Waals surface area contributed by atoms with E-state index >= 15 is 0 Å². The minimum Gasteiger partial charge on any atom is -0.479 e. The molecule has 108 valence electrons. The summed E-state index contributed by atoms with van der Waals surface area (Å²) in [5, 5.41) is 14.1. The average molecular weight is 275 g/mol. The number of nitrogens with zero attached hydrogens (tertiary/aromatic N) is 3. The second-order valence-electron chi connectivity index (χ2n) is 7.25. The second-order valence-corrected chi connectivity index (χ2v) is 7.25. The maximum absolute atomic E-state index is 12.1. The Balaban J connectivity index is 1.76. The zero-order chi connectivity index (χ0) is 13.9. The fraction of sp³-hybridized carbons (Fsp3) is 0.800. The van der Waals surface area contributed by atoms with Crippen LogP contribution in [0.25, 0.3) is 0 Å². The first-order valence-corrected chi connectivity index (χ1v) is 7.67. The predicted octanol–water partition coefficient (Wildman–Crippen LogP) is 2.15. The van der Waals surface area contributed by atoms with Crippen molar-refractivity contribution in [2.45, 2.75) is 44.6 Å². The normalized spacial score (nSPS) is 41.5. The van der Waals surface area contributed by atoms with E-state index in [-0.39, 0.29) is 5.92 Å². The summed E-state index contributed by atoms with van der Waals surface area (Å²) in [5.74, 6) is 2.24. The van der Waals surface area contributed by atoms with Crippen LogP contribution < -0.4 is 0 Å². The quantitative estimate of drug-likeness (QED) is 0.917. The summed E-state index contributed by atoms with van der Waals surface area (Å²) in [7, 11) is 0. The molecule has 0 amide bonds. The molecule has 4 saturated carbocycles. The summed E-state index contributed by atoms with van der Waals surface area (Å²) < 4.78 is 1.59. The Hall–Kier alpha value is -1.39. The van der Waals surface area contributed by atoms with Crippen LogP contribution >= 0.6 is 0 Å². The molecule has 1 unspecified atom stereocenters. The lowest BCUT2D eigenvalue weighted by Gasteiger charge is -2.57. The van der Waals surface area contributed by atoms with Gasteiger partial charge >= 0.3 is 5.97 Å². The van der Waals surface area contributed by atoms with Crippen LogP contribution in [0.15, 0.2) is 12.7 Å². The first-order valence-electron chi connectivity index (χ1n) is 7.67. The summed E-state index contributed by atoms with van der Waals surface area (Å²) >= 11 is 0. The number of aliphatic carboxylic acids is 1. The average Bonchev–Trinajstić information content (AvgIpc) is 2.90. The molecule has 1 heterocycles. The van der Waals surface area contributed by atoms with Gasteiger partial charge in [0.1, 0.15) is 12.7 Å². The van der Waals surface area contributed by atoms with E-state index in [1.807, 2.05) is 6.92 Å². The Morgan fingerprint density at radius 3 is 2.25 bits per heavy atom. The largest absolute Gasteiger partial charge is 0.479 e. The molecular weight excluding hydrogens is 254 g/mol. The molecule has 0 saturated heterocycles. The monoisotopic (exact) mass is 275 g/mol. The first kappa shape index (κ1) is 12.4. The Kier molecular flexibility index (Phi) is 2.51. The van der Waals surface area contributed by atoms with E-state index in [0.717, 1.165) is 11.8 Å². The van der Waals surface area contributed by atoms with Crippen LogP contribution in [0.4, 0.5) is 0 Å². The Labute approximate surface area is 118 Å². The van der Waals surface area contributed by atoms with E-state index in [0.29, 0.717) is 11.8 Å². The fourth-order valence-corrected chi connectivity index (χ4v) is 5.68. The first-order chi connectivity index (χ1) is 9.59. The molecule has 1 N–H and O–H groups in total. The van der Waals surface area contributed by atoms with Crippen LogP contribution in [0, 0.1) is 29.6 Å². The molecule has 4 aliphatic carbocycles. The molecule has 4 aliphatic rings. The number of hydrogen-bond donors (Lipinski definition) is 1. The molecule has 4 bridgehead atoms. The van der Waals surface area contributed by atoms with Crippen LogP contribution in [-0.2, 0) is 10.3 Å². The summed E-state index contributed by atoms with van der Waals surface area (Å²) in [6.45, 7) is 1.84. The van der Waals surface area contributed by atoms with E-state index in [2.05, 4.69) is 10.1 Å². The number of carboxylic acid groups (broad SMARTS) is 1. The summed E-state index contributed by atoms with van der Waals surface area (Å²) in [5.41, 5.74) is -0.945. The molecule has 1 aromatic heterocycles. The van der Waals surface area contributed by atoms with Gasteiger partial charge in [-0.1, -0.05) is 0 Å². The molecule has 4 fully saturated rings. The van der Waals surface area contributed by atoms with Gasteiger partial charge in [-0.3, -0.25) is 0 Å². The smallest absolute Gasteiger partial charge is 0.331 e. The van der Waals surface area contributed by atoms with Gasteiger partial charge in [-0.05, 0) is 62.7 Å². The van der Waals surface area contributed by atoms with Gasteiger partial charge in [-0.2, -0.15) is 5.10 Å². The van der Waals surface area contributed by atoms with Crippen LogP contribution in [0.3, 0.4) is 0 Å². The molecule has 5 nitrogen and oxygen atoms in total. The third kappa shape index (κ3) is 1.52. The minimum atomic E-state index is -0.945. The molecule has 5 rings (SSSR count). The molecule has 0 aromatic carbocycles. The number of rotatable bonds is 3. The number of carbonyl (C=O) groups is 1. The van der Waals surface area contributed by atoms with E-state index in [1.165, 1.54) is 38.4 Å². The number of carboxylic acids is 1. The lowest BCUT2D eigenvalue weighted by molar-refractivity contribution is -0.163. The van der Waals surface area contributed by atoms with E-state index in [4.69, 9.17) is 0 Å². The van der Waals surface area contributed by atoms with Gasteiger partial charge in [0, 0.05) is 5.92 Å². The highest BCUT2D eigenvalue weighted by Crippen LogP contribution is 2.60. The van der Waals surface area contributed by atoms with Gasteiger partial charge in [0.05, 0.1) is 0 Å². The van der Waals surface area contributed by atoms with Crippen molar-refractivity contribution in [1.29, 1.82) is 0 Å². The molecule has 1 atom stereocenters. The highest BCUT2D eigenvalue weighted by atomic mass is 16.4. The Morgan fingerprint density at radius 1 is 1.20 bits per heavy atom. The van der Waals surface area contributed by atoms with Crippen molar-refractivity contribution in [3.63, 3.8) is 0 Å². The zero-order valence-electron chi connectivity index (χ0n) is 11.8. The fourth-order valence-electron chi connectivity index (χ4n) is 5.68. The van der Waals surface area contributed by atoms with E-state index in [1.54, 1.807) is 11.0 Å². The maximum atomic E-state index is 12.1. The van der Waals surface area contributed by atoms with Gasteiger partial charge in [-0.15, -0.1) is 0 Å². The second kappa shape index (κ2) is 4.06. The van der Waals surface area contributed by atoms with Crippen molar-refractivity contribution in [3.8, 4) is 0 Å². The lowest BCUT2D eigenvalue weighted by Crippen LogP contribution is -2.58. The molecule has 0 radical (unpaired) electrons. The van der Waals surface area contributed by atoms with Crippen molar-refractivity contribution < 1.29 is 9.90 Å². The van der Waals surface area contributed by atoms with Crippen molar-refractivity contribution in [3.05, 3.63) is 12.7 Å². The zero-order valence-corrected chi connectivity index (χ0v) is 11.8. The predicted molar refractivity (Wildman–Crippen MR) is 71.8 cm³/mol. The van der Waals surface area contributed by atoms with Gasteiger partial charge in [0.25, 0.3) is 0 Å². The topological polar surface area (TPSA) is 68.0 Å². The molecule has 20 heavy (non-hydrogen) atoms. The minimum absolute atomic E-state index is 0.203. The van der Waals surface area contributed by atoms with Crippen molar-refractivity contribution in [1.82, 2.24) is 14.8 Å². The Morgan fingerprint density at radius 2 is 1.80 bits per heavy atom. The van der Waals surface area contributed by atoms with Crippen LogP contribution in [0.5, 0.6) is 0 Å². The van der Waals surface area contributed by atoms with E-state index in [9.17, 15) is 9.90 Å². The molecule has 1 aromatic rings. The van der Waals surface area contributed by atoms with E-state index < -0.39 is 11.5 Å². The van der Waals surface area contributed by atoms with Gasteiger partial charge < -0.3 is 5.11 Å². The third-order valence-electron chi connectivity index (χ3n) is 6.20. The standard InChI is InChI=1S/C15H21N3O2/c1-15(14(19)20,18-8-16-7-17-18)13-11-3-9-2-10(5-11)6-12(13)4-9/h7-13H,2-6H2,1H3,(H,19,20). The summed E-state index contributed by atoms with van der Waals surface area (Å²) in [6, 6.07) is 0. The van der Waals surface area contributed by atoms with Crippen LogP contribution in [0.1, 0.15) is 39.0 Å². The lowest BCUT2D eigenvalue weighted by atomic mass is 9.48. The maximum Gasteiger partial charge on any atom is 0.331 e. The highest BCUT2D eigenvalue weighted by Gasteiger charge is 2.58. The van der Waals surface area contributed by atoms with Gasteiger partial charge in [-0.25, -0.2) is 14.5 Å². The number of hydrogen-bond acceptors (Lipinski definition) is 3.